The number of benzene rings is 1. The van der Waals surface area contributed by atoms with Gasteiger partial charge in [0.2, 0.25) is 5.91 Å². The third-order valence-corrected chi connectivity index (χ3v) is 3.74. The highest BCUT2D eigenvalue weighted by Gasteiger charge is 2.48. The largest absolute Gasteiger partial charge is 0.763 e. The van der Waals surface area contributed by atoms with Crippen molar-refractivity contribution in [2.75, 3.05) is 0 Å². The van der Waals surface area contributed by atoms with Crippen molar-refractivity contribution in [1.82, 2.24) is 5.32 Å². The fraction of sp³-hybridized carbons (Fsp3) is 0.214. The summed E-state index contributed by atoms with van der Waals surface area (Å²) in [4.78, 5) is 12.0. The van der Waals surface area contributed by atoms with E-state index < -0.39 is 17.2 Å². The fourth-order valence-electron chi connectivity index (χ4n) is 2.34. The Morgan fingerprint density at radius 2 is 2.05 bits per heavy atom. The van der Waals surface area contributed by atoms with E-state index >= 15 is 0 Å². The third-order valence-electron chi connectivity index (χ3n) is 3.44. The molecule has 1 fully saturated rings. The smallest absolute Gasteiger partial charge is 0.243 e. The van der Waals surface area contributed by atoms with Gasteiger partial charge in [0.1, 0.15) is 10.9 Å². The predicted molar refractivity (Wildman–Crippen MR) is 75.5 cm³/mol. The quantitative estimate of drug-likeness (QED) is 0.478. The molecule has 0 aromatic heterocycles. The minimum Gasteiger partial charge on any atom is -0.763 e. The van der Waals surface area contributed by atoms with Crippen molar-refractivity contribution >= 4 is 29.0 Å². The number of amides is 1. The molecule has 2 rings (SSSR count). The molecule has 2 atom stereocenters. The van der Waals surface area contributed by atoms with Crippen LogP contribution in [0.3, 0.4) is 0 Å². The highest BCUT2D eigenvalue weighted by Crippen LogP contribution is 2.40. The van der Waals surface area contributed by atoms with E-state index in [1.54, 1.807) is 31.2 Å². The van der Waals surface area contributed by atoms with Crippen molar-refractivity contribution in [1.29, 1.82) is 5.26 Å². The Balaban J connectivity index is 2.72. The predicted octanol–water partition coefficient (Wildman–Crippen LogP) is 1.71. The number of nitrogens with zero attached hydrogens (tertiary/aromatic N) is 2. The number of carbonyl (C=O) groups is 1. The monoisotopic (exact) mass is 268 g/mol. The molecule has 94 valence electrons. The molecule has 0 unspecified atom stereocenters. The molecule has 1 aromatic rings. The van der Waals surface area contributed by atoms with E-state index in [0.717, 1.165) is 5.56 Å². The van der Waals surface area contributed by atoms with Crippen molar-refractivity contribution < 1.29 is 4.79 Å². The number of thiocarbonyl (C=S) groups is 1. The van der Waals surface area contributed by atoms with Gasteiger partial charge in [0.05, 0.1) is 11.5 Å². The number of rotatable bonds is 1. The van der Waals surface area contributed by atoms with Gasteiger partial charge in [0.15, 0.2) is 0 Å². The minimum absolute atomic E-state index is 0.102. The van der Waals surface area contributed by atoms with Gasteiger partial charge in [0.25, 0.3) is 0 Å². The first-order valence-electron chi connectivity index (χ1n) is 5.63. The number of hydrogen-bond donors (Lipinski definition) is 1. The van der Waals surface area contributed by atoms with Crippen LogP contribution in [0.2, 0.25) is 0 Å². The zero-order valence-electron chi connectivity index (χ0n) is 10.2. The number of hydrogen-bond acceptors (Lipinski definition) is 3. The van der Waals surface area contributed by atoms with Gasteiger partial charge in [-0.25, -0.2) is 0 Å². The Hall–Kier alpha value is -2.28. The summed E-state index contributed by atoms with van der Waals surface area (Å²) in [7, 11) is 0. The van der Waals surface area contributed by atoms with Crippen molar-refractivity contribution in [2.45, 2.75) is 12.3 Å². The van der Waals surface area contributed by atoms with E-state index in [1.807, 2.05) is 18.0 Å². The van der Waals surface area contributed by atoms with Gasteiger partial charge in [-0.05, 0) is 12.5 Å². The Bertz CT molecular complexity index is 640. The van der Waals surface area contributed by atoms with Crippen LogP contribution in [-0.4, -0.2) is 16.8 Å². The molecule has 1 aliphatic heterocycles. The maximum Gasteiger partial charge on any atom is 0.243 e. The molecule has 4 nitrogen and oxygen atoms in total. The lowest BCUT2D eigenvalue weighted by molar-refractivity contribution is -0.123. The minimum atomic E-state index is -1.01. The highest BCUT2D eigenvalue weighted by molar-refractivity contribution is 7.80. The maximum atomic E-state index is 11.9. The van der Waals surface area contributed by atoms with Gasteiger partial charge in [-0.1, -0.05) is 42.5 Å². The number of piperidine rings is 1. The number of carbonyl (C=O) groups excluding carboxylic acids is 1. The molecule has 0 radical (unpaired) electrons. The van der Waals surface area contributed by atoms with Crippen LogP contribution in [0.15, 0.2) is 35.9 Å². The first-order valence-corrected chi connectivity index (χ1v) is 6.04. The second-order valence-corrected chi connectivity index (χ2v) is 4.84. The fourth-order valence-corrected chi connectivity index (χ4v) is 2.70. The summed E-state index contributed by atoms with van der Waals surface area (Å²) in [6.45, 7) is 1.71. The van der Waals surface area contributed by atoms with Crippen LogP contribution >= 0.6 is 12.2 Å². The normalized spacial score (nSPS) is 26.3. The van der Waals surface area contributed by atoms with Crippen molar-refractivity contribution in [3.8, 4) is 6.07 Å². The molecule has 0 bridgehead atoms. The molecule has 19 heavy (non-hydrogen) atoms. The van der Waals surface area contributed by atoms with Crippen molar-refractivity contribution in [3.05, 3.63) is 46.9 Å². The molecule has 5 heteroatoms. The number of nitriles is 1. The molecule has 1 heterocycles. The van der Waals surface area contributed by atoms with E-state index in [0.29, 0.717) is 0 Å². The second-order valence-electron chi connectivity index (χ2n) is 4.44. The summed E-state index contributed by atoms with van der Waals surface area (Å²) in [5.74, 6) is 0.601. The van der Waals surface area contributed by atoms with Crippen molar-refractivity contribution in [3.63, 3.8) is 0 Å². The molecule has 1 aliphatic rings. The summed E-state index contributed by atoms with van der Waals surface area (Å²) >= 11 is 5.05. The molecule has 0 aliphatic carbocycles. The third kappa shape index (κ3) is 1.88. The van der Waals surface area contributed by atoms with Crippen LogP contribution in [-0.2, 0) is 10.2 Å². The lowest BCUT2D eigenvalue weighted by atomic mass is 9.65. The zero-order chi connectivity index (χ0) is 14.0. The Kier molecular flexibility index (Phi) is 3.30. The summed E-state index contributed by atoms with van der Waals surface area (Å²) < 4.78 is 0. The van der Waals surface area contributed by atoms with Crippen LogP contribution in [0.4, 0.5) is 0 Å². The topological polar surface area (TPSA) is 75.2 Å². The van der Waals surface area contributed by atoms with Gasteiger partial charge < -0.3 is 10.7 Å². The average Bonchev–Trinajstić information content (AvgIpc) is 2.40. The lowest BCUT2D eigenvalue weighted by Crippen LogP contribution is -2.54. The molecule has 1 saturated heterocycles. The van der Waals surface area contributed by atoms with E-state index in [4.69, 9.17) is 12.2 Å². The van der Waals surface area contributed by atoms with Crippen LogP contribution < -0.4 is 5.32 Å². The standard InChI is InChI=1S/C14H10N3OS/c1-14(9-5-3-2-4-6-9)10(7-15)12(18)17-13(19)11(14)8-16/h2-6,10H,1H3,(H,17,18,19)/q-1/t10-,14-/m0/s1. The van der Waals surface area contributed by atoms with Crippen LogP contribution in [0, 0.1) is 17.2 Å². The maximum absolute atomic E-state index is 11.9. The van der Waals surface area contributed by atoms with Crippen LogP contribution in [0.25, 0.3) is 5.41 Å². The first-order chi connectivity index (χ1) is 9.05. The van der Waals surface area contributed by atoms with Gasteiger partial charge in [-0.15, -0.1) is 0 Å². The van der Waals surface area contributed by atoms with Gasteiger partial charge in [-0.2, -0.15) is 5.26 Å². The van der Waals surface area contributed by atoms with Gasteiger partial charge >= 0.3 is 0 Å². The lowest BCUT2D eigenvalue weighted by Gasteiger charge is -2.39. The molecule has 1 N–H and O–H groups in total. The van der Waals surface area contributed by atoms with E-state index in [9.17, 15) is 15.5 Å². The number of nitrogens with one attached hydrogen (secondary N) is 1. The van der Waals surface area contributed by atoms with Crippen molar-refractivity contribution in [2.24, 2.45) is 5.92 Å². The Labute approximate surface area is 116 Å². The van der Waals surface area contributed by atoms with E-state index in [-0.39, 0.29) is 10.6 Å². The molecule has 0 saturated carbocycles. The summed E-state index contributed by atoms with van der Waals surface area (Å²) in [6.07, 6.45) is 0. The van der Waals surface area contributed by atoms with Crippen LogP contribution in [0.1, 0.15) is 12.5 Å². The van der Waals surface area contributed by atoms with E-state index in [1.165, 1.54) is 0 Å². The SMILES string of the molecule is C[C@@]1(c2ccccc2)C(=C=[N-])C(=S)NC(=O)[C@@H]1C#N. The van der Waals surface area contributed by atoms with Gasteiger partial charge in [-0.3, -0.25) is 10.7 Å². The molecule has 1 amide bonds. The molecule has 0 spiro atoms. The molecular formula is C14H10N3OS-. The highest BCUT2D eigenvalue weighted by atomic mass is 32.1. The van der Waals surface area contributed by atoms with E-state index in [2.05, 4.69) is 5.32 Å². The molecule has 1 aromatic carbocycles. The first kappa shape index (κ1) is 13.2. The summed E-state index contributed by atoms with van der Waals surface area (Å²) in [5.41, 5.74) is -0.0281. The zero-order valence-corrected chi connectivity index (χ0v) is 11.0. The van der Waals surface area contributed by atoms with Crippen LogP contribution in [0.5, 0.6) is 0 Å². The van der Waals surface area contributed by atoms with Gasteiger partial charge in [0, 0.05) is 5.57 Å². The summed E-state index contributed by atoms with van der Waals surface area (Å²) in [6, 6.07) is 11.0. The second kappa shape index (κ2) is 4.77. The molecular weight excluding hydrogens is 258 g/mol. The average molecular weight is 268 g/mol. The Morgan fingerprint density at radius 1 is 1.42 bits per heavy atom. The summed E-state index contributed by atoms with van der Waals surface area (Å²) in [5, 5.41) is 21.0. The Morgan fingerprint density at radius 3 is 2.58 bits per heavy atom.